The van der Waals surface area contributed by atoms with E-state index in [0.29, 0.717) is 6.61 Å². The van der Waals surface area contributed by atoms with Gasteiger partial charge in [0.25, 0.3) is 0 Å². The molecule has 1 atom stereocenters. The summed E-state index contributed by atoms with van der Waals surface area (Å²) in [4.78, 5) is 11.1. The van der Waals surface area contributed by atoms with Crippen LogP contribution in [0.25, 0.3) is 0 Å². The molecule has 0 aromatic rings. The molecule has 0 heterocycles. The Balaban J connectivity index is 4.46. The Kier molecular flexibility index (Phi) is 8.21. The monoisotopic (exact) mass is 263 g/mol. The zero-order valence-corrected chi connectivity index (χ0v) is 10.7. The van der Waals surface area contributed by atoms with Gasteiger partial charge in [-0.15, -0.1) is 0 Å². The molecule has 0 aromatic heterocycles. The fourth-order valence-electron chi connectivity index (χ4n) is 1.27. The maximum atomic E-state index is 13.7. The van der Waals surface area contributed by atoms with Crippen molar-refractivity contribution in [2.75, 3.05) is 19.8 Å². The first-order chi connectivity index (χ1) is 8.50. The lowest BCUT2D eigenvalue weighted by molar-refractivity contribution is -0.183. The third-order valence-electron chi connectivity index (χ3n) is 2.36. The Morgan fingerprint density at radius 3 is 2.61 bits per heavy atom. The fraction of sp³-hybridized carbons (Fsp3) is 0.833. The van der Waals surface area contributed by atoms with E-state index < -0.39 is 24.2 Å². The lowest BCUT2D eigenvalue weighted by Crippen LogP contribution is -2.41. The Hall–Kier alpha value is -1.22. The number of hydrogen-bond donors (Lipinski definition) is 0. The number of hydrogen-bond acceptors (Lipinski definition) is 4. The van der Waals surface area contributed by atoms with Crippen molar-refractivity contribution in [3.05, 3.63) is 0 Å². The van der Waals surface area contributed by atoms with Gasteiger partial charge in [-0.25, -0.2) is 4.79 Å². The van der Waals surface area contributed by atoms with Crippen LogP contribution in [0.2, 0.25) is 0 Å². The first kappa shape index (κ1) is 16.8. The van der Waals surface area contributed by atoms with Crippen LogP contribution in [0.3, 0.4) is 0 Å². The average molecular weight is 263 g/mol. The molecule has 6 heteroatoms. The maximum Gasteiger partial charge on any atom is 0.377 e. The highest BCUT2D eigenvalue weighted by molar-refractivity contribution is 5.78. The molecule has 104 valence electrons. The van der Waals surface area contributed by atoms with Gasteiger partial charge in [-0.1, -0.05) is 13.3 Å². The number of nitrogens with zero attached hydrogens (tertiary/aromatic N) is 1. The Morgan fingerprint density at radius 1 is 1.44 bits per heavy atom. The van der Waals surface area contributed by atoms with Gasteiger partial charge in [0.15, 0.2) is 0 Å². The van der Waals surface area contributed by atoms with E-state index in [1.54, 1.807) is 6.07 Å². The van der Waals surface area contributed by atoms with Crippen molar-refractivity contribution in [3.63, 3.8) is 0 Å². The summed E-state index contributed by atoms with van der Waals surface area (Å²) in [6, 6.07) is 1.64. The molecule has 0 saturated heterocycles. The van der Waals surface area contributed by atoms with Crippen molar-refractivity contribution in [2.24, 2.45) is 5.92 Å². The topological polar surface area (TPSA) is 59.3 Å². The number of carbonyl (C=O) groups is 1. The third-order valence-corrected chi connectivity index (χ3v) is 2.36. The summed E-state index contributed by atoms with van der Waals surface area (Å²) in [5.41, 5.74) is 0. The zero-order valence-electron chi connectivity index (χ0n) is 10.7. The van der Waals surface area contributed by atoms with E-state index in [0.717, 1.165) is 12.8 Å². The molecule has 0 amide bonds. The second kappa shape index (κ2) is 8.81. The van der Waals surface area contributed by atoms with Crippen LogP contribution in [0.1, 0.15) is 33.1 Å². The van der Waals surface area contributed by atoms with Gasteiger partial charge in [-0.2, -0.15) is 14.0 Å². The van der Waals surface area contributed by atoms with Crippen LogP contribution < -0.4 is 0 Å². The van der Waals surface area contributed by atoms with E-state index in [1.165, 1.54) is 6.92 Å². The van der Waals surface area contributed by atoms with Crippen molar-refractivity contribution >= 4 is 5.97 Å². The van der Waals surface area contributed by atoms with Gasteiger partial charge >= 0.3 is 11.9 Å². The van der Waals surface area contributed by atoms with Crippen molar-refractivity contribution in [1.82, 2.24) is 0 Å². The van der Waals surface area contributed by atoms with Crippen molar-refractivity contribution in [3.8, 4) is 6.07 Å². The van der Waals surface area contributed by atoms with Crippen molar-refractivity contribution < 1.29 is 23.0 Å². The number of unbranched alkanes of at least 4 members (excludes halogenated alkanes) is 1. The molecule has 0 N–H and O–H groups in total. The highest BCUT2D eigenvalue weighted by Crippen LogP contribution is 2.29. The summed E-state index contributed by atoms with van der Waals surface area (Å²) in [5.74, 6) is -6.74. The Labute approximate surface area is 106 Å². The molecule has 0 radical (unpaired) electrons. The molecule has 0 fully saturated rings. The molecular formula is C12H19F2NO3. The number of ether oxygens (including phenoxy) is 2. The van der Waals surface area contributed by atoms with Crippen LogP contribution in [0.5, 0.6) is 0 Å². The number of rotatable bonds is 9. The van der Waals surface area contributed by atoms with E-state index in [2.05, 4.69) is 4.74 Å². The Morgan fingerprint density at radius 2 is 2.11 bits per heavy atom. The van der Waals surface area contributed by atoms with Crippen LogP contribution in [0.15, 0.2) is 0 Å². The summed E-state index contributed by atoms with van der Waals surface area (Å²) in [6.07, 6.45) is 1.19. The predicted octanol–water partition coefficient (Wildman–Crippen LogP) is 2.53. The smallest absolute Gasteiger partial charge is 0.377 e. The second-order valence-electron chi connectivity index (χ2n) is 3.83. The minimum atomic E-state index is -3.68. The average Bonchev–Trinajstić information content (AvgIpc) is 2.33. The summed E-state index contributed by atoms with van der Waals surface area (Å²) in [7, 11) is 0. The van der Waals surface area contributed by atoms with Crippen LogP contribution in [-0.4, -0.2) is 31.7 Å². The van der Waals surface area contributed by atoms with Crippen LogP contribution in [0.4, 0.5) is 8.78 Å². The molecule has 0 spiro atoms. The summed E-state index contributed by atoms with van der Waals surface area (Å²) < 4.78 is 36.7. The number of esters is 1. The number of alkyl halides is 2. The molecule has 0 aliphatic rings. The second-order valence-corrected chi connectivity index (χ2v) is 3.83. The molecule has 0 bridgehead atoms. The van der Waals surface area contributed by atoms with E-state index >= 15 is 0 Å². The Bertz CT molecular complexity index is 290. The van der Waals surface area contributed by atoms with Gasteiger partial charge in [-0.05, 0) is 13.3 Å². The lowest BCUT2D eigenvalue weighted by atomic mass is 9.99. The van der Waals surface area contributed by atoms with Crippen LogP contribution in [0, 0.1) is 17.2 Å². The fourth-order valence-corrected chi connectivity index (χ4v) is 1.27. The van der Waals surface area contributed by atoms with Crippen molar-refractivity contribution in [1.29, 1.82) is 5.26 Å². The SMILES string of the molecule is CCCCOCC(CC#N)C(F)(F)C(=O)OCC. The predicted molar refractivity (Wildman–Crippen MR) is 61.0 cm³/mol. The minimum Gasteiger partial charge on any atom is -0.462 e. The van der Waals surface area contributed by atoms with E-state index in [-0.39, 0.29) is 13.2 Å². The summed E-state index contributed by atoms with van der Waals surface area (Å²) >= 11 is 0. The third kappa shape index (κ3) is 5.41. The maximum absolute atomic E-state index is 13.7. The van der Waals surface area contributed by atoms with E-state index in [9.17, 15) is 13.6 Å². The zero-order chi connectivity index (χ0) is 14.0. The van der Waals surface area contributed by atoms with Gasteiger partial charge in [0.05, 0.1) is 25.2 Å². The largest absolute Gasteiger partial charge is 0.462 e. The number of carbonyl (C=O) groups excluding carboxylic acids is 1. The molecule has 4 nitrogen and oxygen atoms in total. The highest BCUT2D eigenvalue weighted by atomic mass is 19.3. The summed E-state index contributed by atoms with van der Waals surface area (Å²) in [6.45, 7) is 3.30. The van der Waals surface area contributed by atoms with Crippen LogP contribution >= 0.6 is 0 Å². The highest BCUT2D eigenvalue weighted by Gasteiger charge is 2.48. The molecule has 0 aliphatic carbocycles. The molecule has 1 unspecified atom stereocenters. The lowest BCUT2D eigenvalue weighted by Gasteiger charge is -2.22. The molecule has 0 rings (SSSR count). The normalized spacial score (nSPS) is 12.8. The molecule has 0 aromatic carbocycles. The standard InChI is InChI=1S/C12H19F2NO3/c1-3-5-8-17-9-10(6-7-15)12(13,14)11(16)18-4-2/h10H,3-6,8-9H2,1-2H3. The molecular weight excluding hydrogens is 244 g/mol. The first-order valence-electron chi connectivity index (χ1n) is 6.00. The first-order valence-corrected chi connectivity index (χ1v) is 6.00. The van der Waals surface area contributed by atoms with Gasteiger partial charge in [0.1, 0.15) is 0 Å². The minimum absolute atomic E-state index is 0.121. The van der Waals surface area contributed by atoms with Crippen molar-refractivity contribution in [2.45, 2.75) is 39.0 Å². The van der Waals surface area contributed by atoms with Crippen LogP contribution in [-0.2, 0) is 14.3 Å². The van der Waals surface area contributed by atoms with Gasteiger partial charge in [0.2, 0.25) is 0 Å². The van der Waals surface area contributed by atoms with E-state index in [4.69, 9.17) is 10.00 Å². The summed E-state index contributed by atoms with van der Waals surface area (Å²) in [5, 5.41) is 8.52. The number of halogens is 2. The molecule has 0 aliphatic heterocycles. The van der Waals surface area contributed by atoms with E-state index in [1.807, 2.05) is 6.92 Å². The quantitative estimate of drug-likeness (QED) is 0.474. The number of nitriles is 1. The van der Waals surface area contributed by atoms with Gasteiger partial charge in [-0.3, -0.25) is 0 Å². The molecule has 0 saturated carbocycles. The molecule has 18 heavy (non-hydrogen) atoms. The van der Waals surface area contributed by atoms with Gasteiger partial charge < -0.3 is 9.47 Å². The van der Waals surface area contributed by atoms with Gasteiger partial charge in [0, 0.05) is 13.0 Å².